The molecule has 0 spiro atoms. The van der Waals surface area contributed by atoms with Gasteiger partial charge in [-0.3, -0.25) is 9.52 Å². The van der Waals surface area contributed by atoms with Crippen molar-refractivity contribution in [1.29, 1.82) is 5.41 Å². The summed E-state index contributed by atoms with van der Waals surface area (Å²) in [4.78, 5) is 10.5. The molecule has 0 fully saturated rings. The second-order valence-corrected chi connectivity index (χ2v) is 5.15. The monoisotopic (exact) mass is 252 g/mol. The fraction of sp³-hybridized carbons (Fsp3) is 0.0909. The molecule has 2 N–H and O–H groups in total. The molecule has 0 aliphatic heterocycles. The number of hydrogen-bond acceptors (Lipinski definition) is 4. The number of allylic oxidation sites excluding steroid dienone is 1. The number of nitrogens with one attached hydrogen (secondary N) is 2. The summed E-state index contributed by atoms with van der Waals surface area (Å²) in [6.07, 6.45) is 4.01. The topological polar surface area (TPSA) is 87.1 Å². The molecule has 0 saturated carbocycles. The van der Waals surface area contributed by atoms with Gasteiger partial charge >= 0.3 is 0 Å². The van der Waals surface area contributed by atoms with Crippen LogP contribution in [0.2, 0.25) is 0 Å². The minimum absolute atomic E-state index is 0.410. The van der Waals surface area contributed by atoms with E-state index in [9.17, 15) is 13.2 Å². The third-order valence-electron chi connectivity index (χ3n) is 1.96. The van der Waals surface area contributed by atoms with E-state index in [4.69, 9.17) is 5.41 Å². The lowest BCUT2D eigenvalue weighted by Crippen LogP contribution is -2.15. The first-order valence-corrected chi connectivity index (χ1v) is 6.59. The van der Waals surface area contributed by atoms with Gasteiger partial charge in [-0.2, -0.15) is 0 Å². The Hall–Kier alpha value is -1.95. The standard InChI is InChI=1S/C11H12N2O3S/c1-17(15,16)13-7-11(6-12)10-4-2-9(8-14)3-5-10/h2-8,12-13H,1H3/b11-7+,12-6?. The maximum absolute atomic E-state index is 10.9. The van der Waals surface area contributed by atoms with Crippen molar-refractivity contribution in [2.45, 2.75) is 0 Å². The summed E-state index contributed by atoms with van der Waals surface area (Å²) in [6.45, 7) is 0. The Morgan fingerprint density at radius 3 is 2.29 bits per heavy atom. The highest BCUT2D eigenvalue weighted by Crippen LogP contribution is 2.12. The first kappa shape index (κ1) is 13.1. The molecule has 6 heteroatoms. The van der Waals surface area contributed by atoms with Crippen LogP contribution in [0.4, 0.5) is 0 Å². The zero-order chi connectivity index (χ0) is 12.9. The molecule has 0 radical (unpaired) electrons. The van der Waals surface area contributed by atoms with Crippen molar-refractivity contribution in [3.63, 3.8) is 0 Å². The van der Waals surface area contributed by atoms with Crippen molar-refractivity contribution in [1.82, 2.24) is 4.72 Å². The molecule has 0 bridgehead atoms. The normalized spacial score (nSPS) is 11.9. The number of benzene rings is 1. The smallest absolute Gasteiger partial charge is 0.229 e. The highest BCUT2D eigenvalue weighted by atomic mass is 32.2. The summed E-state index contributed by atoms with van der Waals surface area (Å²) in [5.74, 6) is 0. The minimum atomic E-state index is -3.34. The van der Waals surface area contributed by atoms with Gasteiger partial charge in [0, 0.05) is 23.6 Å². The van der Waals surface area contributed by atoms with Gasteiger partial charge in [-0.25, -0.2) is 8.42 Å². The quantitative estimate of drug-likeness (QED) is 0.606. The SMILES string of the molecule is CS(=O)(=O)N/C=C(\C=N)c1ccc(C=O)cc1. The lowest BCUT2D eigenvalue weighted by molar-refractivity contribution is 0.112. The van der Waals surface area contributed by atoms with Crippen LogP contribution in [0.5, 0.6) is 0 Å². The van der Waals surface area contributed by atoms with Crippen LogP contribution in [-0.4, -0.2) is 27.2 Å². The van der Waals surface area contributed by atoms with Crippen molar-refractivity contribution in [3.8, 4) is 0 Å². The second kappa shape index (κ2) is 5.40. The molecule has 5 nitrogen and oxygen atoms in total. The predicted octanol–water partition coefficient (Wildman–Crippen LogP) is 1.04. The molecular formula is C11H12N2O3S. The Kier molecular flexibility index (Phi) is 4.17. The van der Waals surface area contributed by atoms with Crippen LogP contribution in [0.25, 0.3) is 5.57 Å². The number of aldehydes is 1. The molecule has 0 heterocycles. The van der Waals surface area contributed by atoms with Gasteiger partial charge in [0.25, 0.3) is 0 Å². The van der Waals surface area contributed by atoms with Crippen molar-refractivity contribution in [2.24, 2.45) is 0 Å². The van der Waals surface area contributed by atoms with E-state index in [1.165, 1.54) is 6.20 Å². The molecule has 0 aromatic heterocycles. The highest BCUT2D eigenvalue weighted by molar-refractivity contribution is 7.88. The number of hydrogen-bond donors (Lipinski definition) is 2. The Morgan fingerprint density at radius 1 is 1.29 bits per heavy atom. The van der Waals surface area contributed by atoms with Crippen LogP contribution in [0.1, 0.15) is 15.9 Å². The average Bonchev–Trinajstić information content (AvgIpc) is 2.29. The molecule has 0 amide bonds. The number of carbonyl (C=O) groups is 1. The summed E-state index contributed by atoms with van der Waals surface area (Å²) < 4.78 is 24.0. The number of carbonyl (C=O) groups excluding carboxylic acids is 1. The van der Waals surface area contributed by atoms with Crippen molar-refractivity contribution >= 4 is 28.1 Å². The van der Waals surface area contributed by atoms with Crippen LogP contribution in [0, 0.1) is 5.41 Å². The zero-order valence-electron chi connectivity index (χ0n) is 9.17. The zero-order valence-corrected chi connectivity index (χ0v) is 9.99. The summed E-state index contributed by atoms with van der Waals surface area (Å²) in [5, 5.41) is 7.21. The molecule has 17 heavy (non-hydrogen) atoms. The van der Waals surface area contributed by atoms with E-state index >= 15 is 0 Å². The van der Waals surface area contributed by atoms with Gasteiger partial charge < -0.3 is 5.41 Å². The maximum atomic E-state index is 10.9. The summed E-state index contributed by atoms with van der Waals surface area (Å²) in [5.41, 5.74) is 1.59. The molecule has 0 aliphatic rings. The fourth-order valence-electron chi connectivity index (χ4n) is 1.13. The average molecular weight is 252 g/mol. The van der Waals surface area contributed by atoms with Crippen molar-refractivity contribution < 1.29 is 13.2 Å². The summed E-state index contributed by atoms with van der Waals surface area (Å²) >= 11 is 0. The predicted molar refractivity (Wildman–Crippen MR) is 66.6 cm³/mol. The van der Waals surface area contributed by atoms with E-state index < -0.39 is 10.0 Å². The van der Waals surface area contributed by atoms with E-state index in [0.717, 1.165) is 12.5 Å². The van der Waals surface area contributed by atoms with Gasteiger partial charge in [0.2, 0.25) is 10.0 Å². The van der Waals surface area contributed by atoms with Crippen LogP contribution in [-0.2, 0) is 10.0 Å². The van der Waals surface area contributed by atoms with Gasteiger partial charge in [0.05, 0.1) is 6.26 Å². The van der Waals surface area contributed by atoms with Gasteiger partial charge in [-0.15, -0.1) is 0 Å². The lowest BCUT2D eigenvalue weighted by atomic mass is 10.1. The Balaban J connectivity index is 3.01. The lowest BCUT2D eigenvalue weighted by Gasteiger charge is -2.03. The second-order valence-electron chi connectivity index (χ2n) is 3.37. The van der Waals surface area contributed by atoms with Gasteiger partial charge in [0.1, 0.15) is 6.29 Å². The molecule has 1 aromatic rings. The summed E-state index contributed by atoms with van der Waals surface area (Å²) in [6, 6.07) is 6.48. The third-order valence-corrected chi connectivity index (χ3v) is 2.51. The minimum Gasteiger partial charge on any atom is -0.308 e. The van der Waals surface area contributed by atoms with Crippen molar-refractivity contribution in [3.05, 3.63) is 41.6 Å². The largest absolute Gasteiger partial charge is 0.308 e. The van der Waals surface area contributed by atoms with E-state index in [-0.39, 0.29) is 0 Å². The Labute approximate surface area is 99.7 Å². The first-order chi connectivity index (χ1) is 7.96. The molecule has 0 atom stereocenters. The first-order valence-electron chi connectivity index (χ1n) is 4.70. The van der Waals surface area contributed by atoms with Gasteiger partial charge in [-0.05, 0) is 5.56 Å². The molecule has 1 rings (SSSR count). The van der Waals surface area contributed by atoms with E-state index in [2.05, 4.69) is 4.72 Å². The molecule has 90 valence electrons. The highest BCUT2D eigenvalue weighted by Gasteiger charge is 2.01. The van der Waals surface area contributed by atoms with Crippen molar-refractivity contribution in [2.75, 3.05) is 6.26 Å². The van der Waals surface area contributed by atoms with E-state index in [1.807, 2.05) is 0 Å². The summed E-state index contributed by atoms with van der Waals surface area (Å²) in [7, 11) is -3.34. The van der Waals surface area contributed by atoms with Crippen LogP contribution < -0.4 is 4.72 Å². The molecular weight excluding hydrogens is 240 g/mol. The molecule has 0 saturated heterocycles. The molecule has 0 unspecified atom stereocenters. The van der Waals surface area contributed by atoms with E-state index in [0.29, 0.717) is 23.0 Å². The third kappa shape index (κ3) is 4.20. The van der Waals surface area contributed by atoms with Crippen LogP contribution in [0.3, 0.4) is 0 Å². The van der Waals surface area contributed by atoms with Crippen LogP contribution in [0.15, 0.2) is 30.5 Å². The van der Waals surface area contributed by atoms with E-state index in [1.54, 1.807) is 24.3 Å². The fourth-order valence-corrected chi connectivity index (χ4v) is 1.47. The van der Waals surface area contributed by atoms with Crippen LogP contribution >= 0.6 is 0 Å². The molecule has 1 aromatic carbocycles. The van der Waals surface area contributed by atoms with Gasteiger partial charge in [-0.1, -0.05) is 24.3 Å². The number of rotatable bonds is 5. The van der Waals surface area contributed by atoms with Gasteiger partial charge in [0.15, 0.2) is 0 Å². The molecule has 0 aliphatic carbocycles. The Morgan fingerprint density at radius 2 is 1.88 bits per heavy atom. The Bertz CT molecular complexity index is 545. The maximum Gasteiger partial charge on any atom is 0.229 e. The number of sulfonamides is 1.